The van der Waals surface area contributed by atoms with Crippen LogP contribution in [0.4, 0.5) is 5.69 Å². The summed E-state index contributed by atoms with van der Waals surface area (Å²) in [6.07, 6.45) is 0. The van der Waals surface area contributed by atoms with E-state index in [1.165, 1.54) is 38.5 Å². The molecule has 1 atom stereocenters. The van der Waals surface area contributed by atoms with Crippen LogP contribution < -0.4 is 14.4 Å². The predicted molar refractivity (Wildman–Crippen MR) is 118 cm³/mol. The van der Waals surface area contributed by atoms with Crippen molar-refractivity contribution < 1.29 is 22.7 Å². The monoisotopic (exact) mass is 474 g/mol. The van der Waals surface area contributed by atoms with Crippen molar-refractivity contribution in [1.29, 1.82) is 0 Å². The van der Waals surface area contributed by atoms with Gasteiger partial charge in [0.2, 0.25) is 5.91 Å². The van der Waals surface area contributed by atoms with E-state index >= 15 is 0 Å². The molecule has 0 heterocycles. The number of nitrogens with zero attached hydrogens (tertiary/aromatic N) is 1. The van der Waals surface area contributed by atoms with Crippen molar-refractivity contribution in [1.82, 2.24) is 5.32 Å². The largest absolute Gasteiger partial charge is 0.495 e. The number of sulfonamides is 1. The SMILES string of the molecule is COC[C@H](C)NC(=O)CN(c1cc(Cl)cc(Cl)c1)S(=O)(=O)c1cc(C)ccc1OC. The van der Waals surface area contributed by atoms with Gasteiger partial charge < -0.3 is 14.8 Å². The molecule has 30 heavy (non-hydrogen) atoms. The zero-order chi connectivity index (χ0) is 22.5. The average molecular weight is 475 g/mol. The van der Waals surface area contributed by atoms with Crippen LogP contribution in [0.3, 0.4) is 0 Å². The van der Waals surface area contributed by atoms with E-state index in [0.717, 1.165) is 9.87 Å². The molecule has 7 nitrogen and oxygen atoms in total. The van der Waals surface area contributed by atoms with Crippen molar-refractivity contribution in [3.63, 3.8) is 0 Å². The van der Waals surface area contributed by atoms with Gasteiger partial charge in [0.15, 0.2) is 0 Å². The van der Waals surface area contributed by atoms with Crippen molar-refractivity contribution in [3.05, 3.63) is 52.0 Å². The number of methoxy groups -OCH3 is 2. The molecule has 2 rings (SSSR count). The molecule has 0 saturated heterocycles. The Hall–Kier alpha value is -2.00. The zero-order valence-electron chi connectivity index (χ0n) is 17.1. The third-order valence-corrected chi connectivity index (χ3v) is 6.37. The fourth-order valence-electron chi connectivity index (χ4n) is 2.85. The standard InChI is InChI=1S/C20H24Cl2N2O5S/c1-13-5-6-18(29-4)19(7-13)30(26,27)24(11-20(25)23-14(2)12-28-3)17-9-15(21)8-16(22)10-17/h5-10,14H,11-12H2,1-4H3,(H,23,25)/t14-/m0/s1. The molecule has 0 aliphatic carbocycles. The smallest absolute Gasteiger partial charge is 0.268 e. The van der Waals surface area contributed by atoms with E-state index in [1.54, 1.807) is 26.0 Å². The summed E-state index contributed by atoms with van der Waals surface area (Å²) in [5.41, 5.74) is 0.877. The van der Waals surface area contributed by atoms with Gasteiger partial charge in [-0.3, -0.25) is 9.10 Å². The molecule has 2 aromatic rings. The second-order valence-electron chi connectivity index (χ2n) is 6.72. The highest BCUT2D eigenvalue weighted by molar-refractivity contribution is 7.93. The molecule has 0 spiro atoms. The van der Waals surface area contributed by atoms with Crippen LogP contribution in [0, 0.1) is 6.92 Å². The maximum absolute atomic E-state index is 13.6. The molecule has 0 unspecified atom stereocenters. The Morgan fingerprint density at radius 3 is 2.33 bits per heavy atom. The molecule has 0 fully saturated rings. The number of aryl methyl sites for hydroxylation is 1. The number of rotatable bonds is 9. The van der Waals surface area contributed by atoms with Gasteiger partial charge in [-0.05, 0) is 49.7 Å². The summed E-state index contributed by atoms with van der Waals surface area (Å²) in [6, 6.07) is 8.81. The number of amides is 1. The third kappa shape index (κ3) is 6.01. The molecule has 0 saturated carbocycles. The van der Waals surface area contributed by atoms with E-state index < -0.39 is 22.5 Å². The Labute approximate surface area is 186 Å². The van der Waals surface area contributed by atoms with Gasteiger partial charge in [-0.1, -0.05) is 29.3 Å². The first-order valence-corrected chi connectivity index (χ1v) is 11.2. The Bertz CT molecular complexity index is 994. The first-order chi connectivity index (χ1) is 14.1. The van der Waals surface area contributed by atoms with Crippen molar-refractivity contribution in [3.8, 4) is 5.75 Å². The number of carbonyl (C=O) groups is 1. The quantitative estimate of drug-likeness (QED) is 0.599. The molecule has 0 radical (unpaired) electrons. The summed E-state index contributed by atoms with van der Waals surface area (Å²) in [6.45, 7) is 3.32. The van der Waals surface area contributed by atoms with Crippen LogP contribution in [0.5, 0.6) is 5.75 Å². The normalized spacial score (nSPS) is 12.3. The molecule has 0 bridgehead atoms. The lowest BCUT2D eigenvalue weighted by Crippen LogP contribution is -2.44. The Morgan fingerprint density at radius 2 is 1.77 bits per heavy atom. The fourth-order valence-corrected chi connectivity index (χ4v) is 5.01. The summed E-state index contributed by atoms with van der Waals surface area (Å²) >= 11 is 12.2. The highest BCUT2D eigenvalue weighted by Gasteiger charge is 2.31. The van der Waals surface area contributed by atoms with Gasteiger partial charge in [-0.25, -0.2) is 8.42 Å². The van der Waals surface area contributed by atoms with Crippen LogP contribution in [0.15, 0.2) is 41.3 Å². The average Bonchev–Trinajstić information content (AvgIpc) is 2.65. The number of benzene rings is 2. The summed E-state index contributed by atoms with van der Waals surface area (Å²) < 4.78 is 38.4. The number of halogens is 2. The maximum Gasteiger partial charge on any atom is 0.268 e. The zero-order valence-corrected chi connectivity index (χ0v) is 19.4. The van der Waals surface area contributed by atoms with E-state index in [2.05, 4.69) is 5.32 Å². The molecule has 164 valence electrons. The van der Waals surface area contributed by atoms with Gasteiger partial charge >= 0.3 is 0 Å². The Kier molecular flexibility index (Phi) is 8.37. The minimum atomic E-state index is -4.20. The summed E-state index contributed by atoms with van der Waals surface area (Å²) in [4.78, 5) is 12.5. The van der Waals surface area contributed by atoms with E-state index in [1.807, 2.05) is 0 Å². The Balaban J connectivity index is 2.55. The van der Waals surface area contributed by atoms with Crippen molar-refractivity contribution in [2.24, 2.45) is 0 Å². The highest BCUT2D eigenvalue weighted by Crippen LogP contribution is 2.33. The minimum absolute atomic E-state index is 0.0705. The van der Waals surface area contributed by atoms with Crippen LogP contribution in [-0.2, 0) is 19.6 Å². The van der Waals surface area contributed by atoms with Crippen LogP contribution in [0.2, 0.25) is 10.0 Å². The van der Waals surface area contributed by atoms with E-state index in [0.29, 0.717) is 0 Å². The van der Waals surface area contributed by atoms with Crippen LogP contribution in [0.1, 0.15) is 12.5 Å². The van der Waals surface area contributed by atoms with Crippen LogP contribution in [-0.4, -0.2) is 47.7 Å². The molecule has 1 N–H and O–H groups in total. The fraction of sp³-hybridized carbons (Fsp3) is 0.350. The topological polar surface area (TPSA) is 84.9 Å². The summed E-state index contributed by atoms with van der Waals surface area (Å²) in [7, 11) is -1.31. The van der Waals surface area contributed by atoms with Gasteiger partial charge in [-0.15, -0.1) is 0 Å². The van der Waals surface area contributed by atoms with E-state index in [4.69, 9.17) is 32.7 Å². The van der Waals surface area contributed by atoms with Gasteiger partial charge in [0, 0.05) is 23.2 Å². The van der Waals surface area contributed by atoms with E-state index in [-0.39, 0.29) is 39.0 Å². The van der Waals surface area contributed by atoms with Crippen molar-refractivity contribution >= 4 is 44.8 Å². The number of hydrogen-bond donors (Lipinski definition) is 1. The second kappa shape index (κ2) is 10.3. The molecular weight excluding hydrogens is 451 g/mol. The molecular formula is C20H24Cl2N2O5S. The van der Waals surface area contributed by atoms with Crippen molar-refractivity contribution in [2.45, 2.75) is 24.8 Å². The lowest BCUT2D eigenvalue weighted by atomic mass is 10.2. The summed E-state index contributed by atoms with van der Waals surface area (Å²) in [5.74, 6) is -0.349. The van der Waals surface area contributed by atoms with Gasteiger partial charge in [0.05, 0.1) is 19.4 Å². The van der Waals surface area contributed by atoms with Crippen molar-refractivity contribution in [2.75, 3.05) is 31.7 Å². The second-order valence-corrected chi connectivity index (χ2v) is 9.42. The molecule has 0 aromatic heterocycles. The minimum Gasteiger partial charge on any atom is -0.495 e. The number of nitrogens with one attached hydrogen (secondary N) is 1. The number of ether oxygens (including phenoxy) is 2. The van der Waals surface area contributed by atoms with Gasteiger partial charge in [0.1, 0.15) is 17.2 Å². The Morgan fingerprint density at radius 1 is 1.13 bits per heavy atom. The maximum atomic E-state index is 13.6. The molecule has 0 aliphatic heterocycles. The lowest BCUT2D eigenvalue weighted by molar-refractivity contribution is -0.120. The molecule has 1 amide bonds. The number of anilines is 1. The van der Waals surface area contributed by atoms with Crippen LogP contribution in [0.25, 0.3) is 0 Å². The van der Waals surface area contributed by atoms with Gasteiger partial charge in [-0.2, -0.15) is 0 Å². The van der Waals surface area contributed by atoms with E-state index in [9.17, 15) is 13.2 Å². The van der Waals surface area contributed by atoms with Gasteiger partial charge in [0.25, 0.3) is 10.0 Å². The molecule has 0 aliphatic rings. The first-order valence-electron chi connectivity index (χ1n) is 9.00. The molecule has 10 heteroatoms. The number of carbonyl (C=O) groups excluding carboxylic acids is 1. The molecule has 2 aromatic carbocycles. The first kappa shape index (κ1) is 24.3. The summed E-state index contributed by atoms with van der Waals surface area (Å²) in [5, 5.41) is 3.18. The highest BCUT2D eigenvalue weighted by atomic mass is 35.5. The third-order valence-electron chi connectivity index (χ3n) is 4.13. The predicted octanol–water partition coefficient (Wildman–Crippen LogP) is 3.66. The van der Waals surface area contributed by atoms with Crippen LogP contribution >= 0.6 is 23.2 Å². The number of hydrogen-bond acceptors (Lipinski definition) is 5. The lowest BCUT2D eigenvalue weighted by Gasteiger charge is -2.26.